The molecule has 0 spiro atoms. The number of anilines is 1. The lowest BCUT2D eigenvalue weighted by Gasteiger charge is -2.10. The van der Waals surface area contributed by atoms with E-state index in [1.807, 2.05) is 12.1 Å². The van der Waals surface area contributed by atoms with E-state index in [-0.39, 0.29) is 0 Å². The van der Waals surface area contributed by atoms with Crippen molar-refractivity contribution < 1.29 is 0 Å². The topological polar surface area (TPSA) is 29.9 Å². The van der Waals surface area contributed by atoms with Crippen molar-refractivity contribution in [1.29, 1.82) is 0 Å². The first-order chi connectivity index (χ1) is 9.72. The molecular weight excluding hydrogens is 382 g/mol. The third-order valence-electron chi connectivity index (χ3n) is 3.75. The first-order valence-corrected chi connectivity index (χ1v) is 8.54. The van der Waals surface area contributed by atoms with Crippen LogP contribution in [0.1, 0.15) is 37.4 Å². The summed E-state index contributed by atoms with van der Waals surface area (Å²) in [7, 11) is 0. The summed E-state index contributed by atoms with van der Waals surface area (Å²) in [4.78, 5) is 0. The van der Waals surface area contributed by atoms with Gasteiger partial charge in [0, 0.05) is 20.8 Å². The Morgan fingerprint density at radius 3 is 2.80 bits per heavy atom. The maximum Gasteiger partial charge on any atom is 0.0815 e. The Labute approximate surface area is 136 Å². The van der Waals surface area contributed by atoms with Gasteiger partial charge in [-0.05, 0) is 53.0 Å². The number of nitrogens with zero attached hydrogens (tertiary/aromatic N) is 2. The maximum atomic E-state index is 4.69. The van der Waals surface area contributed by atoms with Crippen molar-refractivity contribution in [3.63, 3.8) is 0 Å². The lowest BCUT2D eigenvalue weighted by molar-refractivity contribution is 0.463. The third-order valence-corrected chi connectivity index (χ3v) is 4.94. The Balaban J connectivity index is 1.64. The van der Waals surface area contributed by atoms with Crippen molar-refractivity contribution in [1.82, 2.24) is 9.78 Å². The molecule has 1 fully saturated rings. The average Bonchev–Trinajstić information content (AvgIpc) is 3.09. The van der Waals surface area contributed by atoms with Crippen LogP contribution in [0.3, 0.4) is 0 Å². The summed E-state index contributed by atoms with van der Waals surface area (Å²) in [5, 5.41) is 8.11. The van der Waals surface area contributed by atoms with E-state index in [1.54, 1.807) is 0 Å². The second kappa shape index (κ2) is 6.31. The predicted octanol–water partition coefficient (Wildman–Crippen LogP) is 5.14. The van der Waals surface area contributed by atoms with Gasteiger partial charge in [-0.2, -0.15) is 5.10 Å². The zero-order valence-corrected chi connectivity index (χ0v) is 14.3. The van der Waals surface area contributed by atoms with Crippen molar-refractivity contribution in [3.8, 4) is 0 Å². The molecule has 106 valence electrons. The smallest absolute Gasteiger partial charge is 0.0815 e. The molecule has 0 bridgehead atoms. The highest BCUT2D eigenvalue weighted by Gasteiger charge is 2.17. The van der Waals surface area contributed by atoms with E-state index in [0.29, 0.717) is 6.04 Å². The van der Waals surface area contributed by atoms with Gasteiger partial charge in [-0.3, -0.25) is 4.68 Å². The minimum atomic E-state index is 0.612. The summed E-state index contributed by atoms with van der Waals surface area (Å²) in [6, 6.07) is 8.84. The maximum absolute atomic E-state index is 4.69. The Bertz CT molecular complexity index is 589. The molecule has 1 aliphatic carbocycles. The van der Waals surface area contributed by atoms with Crippen molar-refractivity contribution in [2.45, 2.75) is 38.3 Å². The second-order valence-corrected chi connectivity index (χ2v) is 6.97. The number of nitrogens with one attached hydrogen (secondary N) is 1. The number of aromatic nitrogens is 2. The molecule has 1 aliphatic rings. The number of hydrogen-bond donors (Lipinski definition) is 1. The summed E-state index contributed by atoms with van der Waals surface area (Å²) in [6.45, 7) is 0.745. The lowest BCUT2D eigenvalue weighted by atomic mass is 10.3. The lowest BCUT2D eigenvalue weighted by Crippen LogP contribution is -2.07. The summed E-state index contributed by atoms with van der Waals surface area (Å²) in [5.74, 6) is 0. The molecule has 0 unspecified atom stereocenters. The highest BCUT2D eigenvalue weighted by molar-refractivity contribution is 9.11. The van der Waals surface area contributed by atoms with Crippen LogP contribution < -0.4 is 5.32 Å². The van der Waals surface area contributed by atoms with Crippen LogP contribution in [0.5, 0.6) is 0 Å². The fourth-order valence-corrected chi connectivity index (χ4v) is 3.41. The quantitative estimate of drug-likeness (QED) is 0.772. The standard InChI is InChI=1S/C15H17Br2N3/c16-11-5-6-14(17)15(9-11)18-10-12-7-8-20(19-12)13-3-1-2-4-13/h5-9,13,18H,1-4,10H2. The molecule has 3 nitrogen and oxygen atoms in total. The van der Waals surface area contributed by atoms with Crippen LogP contribution in [0, 0.1) is 0 Å². The summed E-state index contributed by atoms with van der Waals surface area (Å²) in [5.41, 5.74) is 2.17. The van der Waals surface area contributed by atoms with Gasteiger partial charge < -0.3 is 5.32 Å². The zero-order chi connectivity index (χ0) is 13.9. The summed E-state index contributed by atoms with van der Waals surface area (Å²) >= 11 is 7.04. The molecule has 1 saturated carbocycles. The molecule has 0 atom stereocenters. The van der Waals surface area contributed by atoms with Gasteiger partial charge in [-0.15, -0.1) is 0 Å². The van der Waals surface area contributed by atoms with Crippen molar-refractivity contribution in [2.75, 3.05) is 5.32 Å². The van der Waals surface area contributed by atoms with Crippen LogP contribution in [0.4, 0.5) is 5.69 Å². The first-order valence-electron chi connectivity index (χ1n) is 6.95. The molecule has 1 aromatic heterocycles. The van der Waals surface area contributed by atoms with Crippen LogP contribution in [-0.4, -0.2) is 9.78 Å². The molecule has 1 heterocycles. The Kier molecular flexibility index (Phi) is 4.46. The molecule has 0 saturated heterocycles. The van der Waals surface area contributed by atoms with Gasteiger partial charge in [0.2, 0.25) is 0 Å². The van der Waals surface area contributed by atoms with Gasteiger partial charge in [0.25, 0.3) is 0 Å². The fraction of sp³-hybridized carbons (Fsp3) is 0.400. The van der Waals surface area contributed by atoms with Crippen LogP contribution in [-0.2, 0) is 6.54 Å². The van der Waals surface area contributed by atoms with Gasteiger partial charge >= 0.3 is 0 Å². The molecule has 20 heavy (non-hydrogen) atoms. The zero-order valence-electron chi connectivity index (χ0n) is 11.1. The molecular formula is C15H17Br2N3. The van der Waals surface area contributed by atoms with Gasteiger partial charge in [0.15, 0.2) is 0 Å². The number of hydrogen-bond acceptors (Lipinski definition) is 2. The van der Waals surface area contributed by atoms with Gasteiger partial charge in [0.05, 0.1) is 18.3 Å². The fourth-order valence-electron chi connectivity index (χ4n) is 2.66. The molecule has 3 rings (SSSR count). The Hall–Kier alpha value is -0.810. The molecule has 2 aromatic rings. The molecule has 0 aliphatic heterocycles. The second-order valence-electron chi connectivity index (χ2n) is 5.20. The van der Waals surface area contributed by atoms with Crippen molar-refractivity contribution in [3.05, 3.63) is 45.1 Å². The summed E-state index contributed by atoms with van der Waals surface area (Å²) in [6.07, 6.45) is 7.33. The van der Waals surface area contributed by atoms with Crippen molar-refractivity contribution >= 4 is 37.5 Å². The van der Waals surface area contributed by atoms with Crippen molar-refractivity contribution in [2.24, 2.45) is 0 Å². The average molecular weight is 399 g/mol. The van der Waals surface area contributed by atoms with E-state index < -0.39 is 0 Å². The molecule has 0 radical (unpaired) electrons. The van der Waals surface area contributed by atoms with E-state index >= 15 is 0 Å². The minimum Gasteiger partial charge on any atom is -0.378 e. The predicted molar refractivity (Wildman–Crippen MR) is 88.9 cm³/mol. The molecule has 0 amide bonds. The SMILES string of the molecule is Brc1ccc(Br)c(NCc2ccn(C3CCCC3)n2)c1. The number of benzene rings is 1. The van der Waals surface area contributed by atoms with E-state index in [4.69, 9.17) is 0 Å². The molecule has 5 heteroatoms. The van der Waals surface area contributed by atoms with Gasteiger partial charge in [-0.25, -0.2) is 0 Å². The van der Waals surface area contributed by atoms with E-state index in [2.05, 4.69) is 65.3 Å². The van der Waals surface area contributed by atoms with E-state index in [9.17, 15) is 0 Å². The largest absolute Gasteiger partial charge is 0.378 e. The van der Waals surface area contributed by atoms with Gasteiger partial charge in [0.1, 0.15) is 0 Å². The van der Waals surface area contributed by atoms with Crippen LogP contribution >= 0.6 is 31.9 Å². The Morgan fingerprint density at radius 1 is 1.20 bits per heavy atom. The summed E-state index contributed by atoms with van der Waals surface area (Å²) < 4.78 is 4.27. The third kappa shape index (κ3) is 3.26. The van der Waals surface area contributed by atoms with Crippen LogP contribution in [0.25, 0.3) is 0 Å². The van der Waals surface area contributed by atoms with E-state index in [1.165, 1.54) is 25.7 Å². The van der Waals surface area contributed by atoms with Gasteiger partial charge in [-0.1, -0.05) is 28.8 Å². The number of rotatable bonds is 4. The molecule has 1 aromatic carbocycles. The highest BCUT2D eigenvalue weighted by Crippen LogP contribution is 2.29. The normalized spacial score (nSPS) is 15.7. The Morgan fingerprint density at radius 2 is 2.00 bits per heavy atom. The number of halogens is 2. The van der Waals surface area contributed by atoms with E-state index in [0.717, 1.165) is 26.9 Å². The molecule has 1 N–H and O–H groups in total. The van der Waals surface area contributed by atoms with Crippen LogP contribution in [0.2, 0.25) is 0 Å². The monoisotopic (exact) mass is 397 g/mol. The minimum absolute atomic E-state index is 0.612. The highest BCUT2D eigenvalue weighted by atomic mass is 79.9. The van der Waals surface area contributed by atoms with Crippen LogP contribution in [0.15, 0.2) is 39.4 Å². The first kappa shape index (κ1) is 14.1.